The zero-order valence-corrected chi connectivity index (χ0v) is 16.5. The molecule has 1 unspecified atom stereocenters. The van der Waals surface area contributed by atoms with Crippen molar-refractivity contribution in [3.05, 3.63) is 35.9 Å². The summed E-state index contributed by atoms with van der Waals surface area (Å²) in [7, 11) is 1.37. The quantitative estimate of drug-likeness (QED) is 0.667. The number of carbonyl (C=O) groups excluding carboxylic acids is 2. The molecule has 1 aromatic rings. The van der Waals surface area contributed by atoms with E-state index in [2.05, 4.69) is 0 Å². The molecule has 27 heavy (non-hydrogen) atoms. The number of aliphatic hydroxyl groups excluding tert-OH is 1. The van der Waals surface area contributed by atoms with Gasteiger partial charge in [0.2, 0.25) is 0 Å². The molecular weight excluding hydrogens is 346 g/mol. The van der Waals surface area contributed by atoms with Gasteiger partial charge in [-0.3, -0.25) is 14.5 Å². The van der Waals surface area contributed by atoms with Crippen LogP contribution in [0.5, 0.6) is 0 Å². The largest absolute Gasteiger partial charge is 0.468 e. The summed E-state index contributed by atoms with van der Waals surface area (Å²) in [5.41, 5.74) is 0.0485. The Morgan fingerprint density at radius 2 is 1.96 bits per heavy atom. The van der Waals surface area contributed by atoms with E-state index in [0.717, 1.165) is 12.0 Å². The van der Waals surface area contributed by atoms with Crippen LogP contribution in [0.25, 0.3) is 0 Å². The van der Waals surface area contributed by atoms with Crippen LogP contribution in [0.2, 0.25) is 0 Å². The highest BCUT2D eigenvalue weighted by atomic mass is 16.5. The van der Waals surface area contributed by atoms with Crippen LogP contribution in [0.3, 0.4) is 0 Å². The van der Waals surface area contributed by atoms with Crippen molar-refractivity contribution >= 4 is 11.9 Å². The fourth-order valence-corrected chi connectivity index (χ4v) is 4.03. The van der Waals surface area contributed by atoms with Crippen molar-refractivity contribution in [1.29, 1.82) is 0 Å². The fourth-order valence-electron chi connectivity index (χ4n) is 4.03. The van der Waals surface area contributed by atoms with Gasteiger partial charge in [0, 0.05) is 13.2 Å². The molecule has 0 aliphatic carbocycles. The smallest absolute Gasteiger partial charge is 0.326 e. The molecule has 2 atom stereocenters. The molecule has 1 aromatic carbocycles. The van der Waals surface area contributed by atoms with Crippen LogP contribution >= 0.6 is 0 Å². The number of rotatable bonds is 9. The average Bonchev–Trinajstić information content (AvgIpc) is 3.09. The lowest BCUT2D eigenvalue weighted by atomic mass is 9.87. The molecular formula is C21H31NO5. The highest BCUT2D eigenvalue weighted by molar-refractivity contribution is 5.83. The maximum Gasteiger partial charge on any atom is 0.326 e. The normalized spacial score (nSPS) is 21.2. The Bertz CT molecular complexity index is 618. The van der Waals surface area contributed by atoms with E-state index in [4.69, 9.17) is 9.47 Å². The van der Waals surface area contributed by atoms with E-state index in [9.17, 15) is 14.7 Å². The standard InChI is InChI=1S/C21H31NO5/c1-16(2)18(19(24)27-15-17-9-5-4-6-10-17)22-13-7-11-21(22,12-8-14-23)20(25)26-3/h4-6,9-10,16,18,23H,7-8,11-15H2,1-3H3/t18-,21?/m0/s1. The second kappa shape index (κ2) is 9.85. The van der Waals surface area contributed by atoms with Crippen molar-refractivity contribution in [3.8, 4) is 0 Å². The second-order valence-electron chi connectivity index (χ2n) is 7.43. The Labute approximate surface area is 161 Å². The van der Waals surface area contributed by atoms with Crippen molar-refractivity contribution < 1.29 is 24.2 Å². The average molecular weight is 377 g/mol. The first kappa shape index (κ1) is 21.4. The van der Waals surface area contributed by atoms with Crippen molar-refractivity contribution in [2.75, 3.05) is 20.3 Å². The molecule has 1 aliphatic rings. The first-order valence-corrected chi connectivity index (χ1v) is 9.63. The molecule has 0 amide bonds. The number of hydrogen-bond acceptors (Lipinski definition) is 6. The molecule has 6 heteroatoms. The first-order chi connectivity index (χ1) is 13.0. The number of aliphatic hydroxyl groups is 1. The molecule has 0 radical (unpaired) electrons. The lowest BCUT2D eigenvalue weighted by Crippen LogP contribution is -2.59. The third-order valence-corrected chi connectivity index (χ3v) is 5.29. The van der Waals surface area contributed by atoms with Crippen molar-refractivity contribution in [1.82, 2.24) is 4.90 Å². The van der Waals surface area contributed by atoms with Gasteiger partial charge in [-0.15, -0.1) is 0 Å². The molecule has 6 nitrogen and oxygen atoms in total. The van der Waals surface area contributed by atoms with Crippen LogP contribution in [0.15, 0.2) is 30.3 Å². The number of likely N-dealkylation sites (tertiary alicyclic amines) is 1. The monoisotopic (exact) mass is 377 g/mol. The van der Waals surface area contributed by atoms with E-state index in [0.29, 0.717) is 25.8 Å². The summed E-state index contributed by atoms with van der Waals surface area (Å²) in [4.78, 5) is 27.6. The summed E-state index contributed by atoms with van der Waals surface area (Å²) in [6, 6.07) is 9.01. The van der Waals surface area contributed by atoms with Crippen molar-refractivity contribution in [2.45, 2.75) is 57.7 Å². The molecule has 0 aromatic heterocycles. The van der Waals surface area contributed by atoms with Gasteiger partial charge in [0.25, 0.3) is 0 Å². The summed E-state index contributed by atoms with van der Waals surface area (Å²) in [5.74, 6) is -0.687. The SMILES string of the molecule is COC(=O)C1(CCCO)CCCN1[C@H](C(=O)OCc1ccccc1)C(C)C. The minimum Gasteiger partial charge on any atom is -0.468 e. The summed E-state index contributed by atoms with van der Waals surface area (Å²) in [6.45, 7) is 4.75. The molecule has 2 rings (SSSR count). The van der Waals surface area contributed by atoms with Crippen LogP contribution in [-0.4, -0.2) is 53.8 Å². The number of benzene rings is 1. The molecule has 1 N–H and O–H groups in total. The van der Waals surface area contributed by atoms with Gasteiger partial charge in [0.05, 0.1) is 7.11 Å². The molecule has 0 saturated carbocycles. The minimum atomic E-state index is -0.877. The highest BCUT2D eigenvalue weighted by Crippen LogP contribution is 2.38. The van der Waals surface area contributed by atoms with Gasteiger partial charge >= 0.3 is 11.9 Å². The molecule has 0 spiro atoms. The van der Waals surface area contributed by atoms with Crippen LogP contribution in [0, 0.1) is 5.92 Å². The molecule has 1 heterocycles. The molecule has 1 saturated heterocycles. The van der Waals surface area contributed by atoms with Crippen LogP contribution in [-0.2, 0) is 25.7 Å². The second-order valence-corrected chi connectivity index (χ2v) is 7.43. The van der Waals surface area contributed by atoms with E-state index in [1.807, 2.05) is 49.1 Å². The molecule has 1 fully saturated rings. The van der Waals surface area contributed by atoms with E-state index >= 15 is 0 Å². The third-order valence-electron chi connectivity index (χ3n) is 5.29. The number of hydrogen-bond donors (Lipinski definition) is 1. The summed E-state index contributed by atoms with van der Waals surface area (Å²) < 4.78 is 10.7. The summed E-state index contributed by atoms with van der Waals surface area (Å²) in [6.07, 6.45) is 2.37. The summed E-state index contributed by atoms with van der Waals surface area (Å²) >= 11 is 0. The number of ether oxygens (including phenoxy) is 2. The molecule has 1 aliphatic heterocycles. The van der Waals surface area contributed by atoms with E-state index in [-0.39, 0.29) is 31.1 Å². The maximum absolute atomic E-state index is 13.0. The Morgan fingerprint density at radius 3 is 2.56 bits per heavy atom. The molecule has 0 bridgehead atoms. The zero-order chi connectivity index (χ0) is 19.9. The lowest BCUT2D eigenvalue weighted by Gasteiger charge is -2.41. The zero-order valence-electron chi connectivity index (χ0n) is 16.5. The third kappa shape index (κ3) is 4.87. The Kier molecular flexibility index (Phi) is 7.80. The topological polar surface area (TPSA) is 76.1 Å². The van der Waals surface area contributed by atoms with E-state index in [1.54, 1.807) is 0 Å². The fraction of sp³-hybridized carbons (Fsp3) is 0.619. The number of methoxy groups -OCH3 is 1. The van der Waals surface area contributed by atoms with E-state index < -0.39 is 11.6 Å². The van der Waals surface area contributed by atoms with Crippen molar-refractivity contribution in [2.24, 2.45) is 5.92 Å². The van der Waals surface area contributed by atoms with Gasteiger partial charge in [-0.2, -0.15) is 0 Å². The number of esters is 2. The van der Waals surface area contributed by atoms with Crippen molar-refractivity contribution in [3.63, 3.8) is 0 Å². The Balaban J connectivity index is 2.21. The first-order valence-electron chi connectivity index (χ1n) is 9.63. The Morgan fingerprint density at radius 1 is 1.26 bits per heavy atom. The van der Waals surface area contributed by atoms with Gasteiger partial charge in [0.15, 0.2) is 0 Å². The Hall–Kier alpha value is -1.92. The van der Waals surface area contributed by atoms with Crippen LogP contribution < -0.4 is 0 Å². The predicted molar refractivity (Wildman–Crippen MR) is 102 cm³/mol. The van der Waals surface area contributed by atoms with Gasteiger partial charge < -0.3 is 14.6 Å². The van der Waals surface area contributed by atoms with Gasteiger partial charge in [-0.1, -0.05) is 44.2 Å². The van der Waals surface area contributed by atoms with Gasteiger partial charge in [0.1, 0.15) is 18.2 Å². The number of carbonyl (C=O) groups is 2. The summed E-state index contributed by atoms with van der Waals surface area (Å²) in [5, 5.41) is 9.29. The van der Waals surface area contributed by atoms with Gasteiger partial charge in [-0.25, -0.2) is 0 Å². The number of nitrogens with zero attached hydrogens (tertiary/aromatic N) is 1. The maximum atomic E-state index is 13.0. The minimum absolute atomic E-state index is 0.00260. The van der Waals surface area contributed by atoms with E-state index in [1.165, 1.54) is 7.11 Å². The highest BCUT2D eigenvalue weighted by Gasteiger charge is 2.52. The lowest BCUT2D eigenvalue weighted by molar-refractivity contribution is -0.164. The predicted octanol–water partition coefficient (Wildman–Crippen LogP) is 2.53. The van der Waals surface area contributed by atoms with Crippen LogP contribution in [0.1, 0.15) is 45.1 Å². The molecule has 150 valence electrons. The van der Waals surface area contributed by atoms with Gasteiger partial charge in [-0.05, 0) is 37.2 Å². The van der Waals surface area contributed by atoms with Crippen LogP contribution in [0.4, 0.5) is 0 Å².